The van der Waals surface area contributed by atoms with Gasteiger partial charge in [-0.25, -0.2) is 0 Å². The molecule has 2 aromatic rings. The molecule has 0 aliphatic rings. The molecule has 0 aromatic heterocycles. The van der Waals surface area contributed by atoms with Crippen LogP contribution in [0.3, 0.4) is 0 Å². The summed E-state index contributed by atoms with van der Waals surface area (Å²) in [5.41, 5.74) is 4.68. The topological polar surface area (TPSA) is 45.7 Å². The molecule has 0 radical (unpaired) electrons. The van der Waals surface area contributed by atoms with Crippen molar-refractivity contribution in [3.63, 3.8) is 0 Å². The summed E-state index contributed by atoms with van der Waals surface area (Å²) in [6.45, 7) is 3.19. The zero-order valence-electron chi connectivity index (χ0n) is 12.8. The molecule has 4 nitrogen and oxygen atoms in total. The van der Waals surface area contributed by atoms with Crippen molar-refractivity contribution in [2.45, 2.75) is 13.5 Å². The van der Waals surface area contributed by atoms with Gasteiger partial charge >= 0.3 is 0 Å². The van der Waals surface area contributed by atoms with E-state index in [0.29, 0.717) is 22.5 Å². The maximum Gasteiger partial charge on any atom is 0.186 e. The average molecular weight is 348 g/mol. The van der Waals surface area contributed by atoms with Gasteiger partial charge in [-0.3, -0.25) is 5.43 Å². The monoisotopic (exact) mass is 347 g/mol. The van der Waals surface area contributed by atoms with Gasteiger partial charge in [0.15, 0.2) is 5.11 Å². The number of hydrazone groups is 1. The van der Waals surface area contributed by atoms with Crippen molar-refractivity contribution in [2.75, 3.05) is 6.54 Å². The Morgan fingerprint density at radius 3 is 2.74 bits per heavy atom. The van der Waals surface area contributed by atoms with E-state index in [1.807, 2.05) is 49.4 Å². The molecule has 0 aliphatic carbocycles. The molecule has 0 bridgehead atoms. The zero-order valence-corrected chi connectivity index (χ0v) is 14.3. The van der Waals surface area contributed by atoms with Gasteiger partial charge < -0.3 is 10.1 Å². The molecule has 2 N–H and O–H groups in total. The smallest absolute Gasteiger partial charge is 0.186 e. The summed E-state index contributed by atoms with van der Waals surface area (Å²) < 4.78 is 5.73. The van der Waals surface area contributed by atoms with Crippen molar-refractivity contribution >= 4 is 35.1 Å². The first-order valence-corrected chi connectivity index (χ1v) is 8.01. The van der Waals surface area contributed by atoms with Gasteiger partial charge in [-0.1, -0.05) is 41.9 Å². The lowest BCUT2D eigenvalue weighted by Gasteiger charge is -2.08. The van der Waals surface area contributed by atoms with Crippen molar-refractivity contribution in [1.29, 1.82) is 0 Å². The third-order valence-electron chi connectivity index (χ3n) is 2.91. The van der Waals surface area contributed by atoms with Crippen molar-refractivity contribution < 1.29 is 4.74 Å². The molecule has 2 rings (SSSR count). The van der Waals surface area contributed by atoms with Crippen molar-refractivity contribution in [3.8, 4) is 5.75 Å². The van der Waals surface area contributed by atoms with Crippen LogP contribution in [0, 0.1) is 0 Å². The summed E-state index contributed by atoms with van der Waals surface area (Å²) in [6, 6.07) is 15.4. The Kier molecular flexibility index (Phi) is 6.84. The average Bonchev–Trinajstić information content (AvgIpc) is 2.55. The number of halogens is 1. The minimum Gasteiger partial charge on any atom is -0.487 e. The fourth-order valence-corrected chi connectivity index (χ4v) is 2.26. The van der Waals surface area contributed by atoms with Crippen LogP contribution in [0.2, 0.25) is 5.02 Å². The van der Waals surface area contributed by atoms with Gasteiger partial charge in [-0.05, 0) is 48.5 Å². The van der Waals surface area contributed by atoms with Gasteiger partial charge in [0.25, 0.3) is 0 Å². The highest BCUT2D eigenvalue weighted by molar-refractivity contribution is 7.80. The van der Waals surface area contributed by atoms with Crippen molar-refractivity contribution in [3.05, 3.63) is 64.7 Å². The summed E-state index contributed by atoms with van der Waals surface area (Å²) >= 11 is 11.3. The highest BCUT2D eigenvalue weighted by Crippen LogP contribution is 2.25. The van der Waals surface area contributed by atoms with Crippen molar-refractivity contribution in [2.24, 2.45) is 5.10 Å². The normalized spacial score (nSPS) is 10.5. The molecule has 0 amide bonds. The van der Waals surface area contributed by atoms with E-state index < -0.39 is 0 Å². The molecule has 0 saturated heterocycles. The van der Waals surface area contributed by atoms with Crippen LogP contribution in [-0.2, 0) is 6.61 Å². The molecule has 23 heavy (non-hydrogen) atoms. The predicted molar refractivity (Wildman–Crippen MR) is 99.2 cm³/mol. The molecule has 6 heteroatoms. The number of ether oxygens (including phenoxy) is 1. The molecule has 2 aromatic carbocycles. The third kappa shape index (κ3) is 5.88. The first-order valence-electron chi connectivity index (χ1n) is 7.22. The van der Waals surface area contributed by atoms with Crippen LogP contribution in [0.1, 0.15) is 18.1 Å². The molecule has 0 aliphatic heterocycles. The Morgan fingerprint density at radius 2 is 2.04 bits per heavy atom. The van der Waals surface area contributed by atoms with Gasteiger partial charge in [-0.15, -0.1) is 0 Å². The number of hydrogen-bond acceptors (Lipinski definition) is 3. The molecule has 0 fully saturated rings. The van der Waals surface area contributed by atoms with E-state index in [2.05, 4.69) is 15.8 Å². The lowest BCUT2D eigenvalue weighted by molar-refractivity contribution is 0.306. The molecule has 0 saturated carbocycles. The van der Waals surface area contributed by atoms with Crippen LogP contribution < -0.4 is 15.5 Å². The lowest BCUT2D eigenvalue weighted by atomic mass is 10.2. The van der Waals surface area contributed by atoms with E-state index in [-0.39, 0.29) is 0 Å². The molecule has 120 valence electrons. The van der Waals surface area contributed by atoms with Crippen LogP contribution in [-0.4, -0.2) is 17.9 Å². The van der Waals surface area contributed by atoms with Crippen LogP contribution in [0.25, 0.3) is 0 Å². The Morgan fingerprint density at radius 1 is 1.26 bits per heavy atom. The number of hydrogen-bond donors (Lipinski definition) is 2. The Hall–Kier alpha value is -2.11. The third-order valence-corrected chi connectivity index (χ3v) is 3.44. The molecule has 0 spiro atoms. The summed E-state index contributed by atoms with van der Waals surface area (Å²) in [5, 5.41) is 8.02. The van der Waals surface area contributed by atoms with E-state index in [4.69, 9.17) is 28.6 Å². The number of nitrogens with one attached hydrogen (secondary N) is 2. The van der Waals surface area contributed by atoms with Gasteiger partial charge in [0.05, 0.1) is 11.2 Å². The molecular weight excluding hydrogens is 330 g/mol. The summed E-state index contributed by atoms with van der Waals surface area (Å²) in [5.74, 6) is 0.642. The second-order valence-corrected chi connectivity index (χ2v) is 5.51. The minimum atomic E-state index is 0.479. The second kappa shape index (κ2) is 9.12. The lowest BCUT2D eigenvalue weighted by Crippen LogP contribution is -2.31. The fraction of sp³-hybridized carbons (Fsp3) is 0.176. The largest absolute Gasteiger partial charge is 0.487 e. The number of thiocarbonyl (C=S) groups is 1. The zero-order chi connectivity index (χ0) is 16.5. The highest BCUT2D eigenvalue weighted by Gasteiger charge is 2.03. The molecular formula is C17H18ClN3OS. The van der Waals surface area contributed by atoms with Crippen molar-refractivity contribution in [1.82, 2.24) is 10.7 Å². The predicted octanol–water partition coefficient (Wildman–Crippen LogP) is 3.74. The SMILES string of the molecule is CCNC(=S)N/N=C/c1ccc(OCc2ccccc2)c(Cl)c1. The first-order chi connectivity index (χ1) is 11.2. The minimum absolute atomic E-state index is 0.479. The van der Waals surface area contributed by atoms with Crippen LogP contribution in [0.4, 0.5) is 0 Å². The number of rotatable bonds is 6. The van der Waals surface area contributed by atoms with Crippen LogP contribution in [0.15, 0.2) is 53.6 Å². The van der Waals surface area contributed by atoms with E-state index in [0.717, 1.165) is 17.7 Å². The number of nitrogens with zero attached hydrogens (tertiary/aromatic N) is 1. The summed E-state index contributed by atoms with van der Waals surface area (Å²) in [6.07, 6.45) is 1.65. The Bertz CT molecular complexity index is 677. The highest BCUT2D eigenvalue weighted by atomic mass is 35.5. The van der Waals surface area contributed by atoms with Crippen LogP contribution >= 0.6 is 23.8 Å². The standard InChI is InChI=1S/C17H18ClN3OS/c1-2-19-17(23)21-20-11-14-8-9-16(15(18)10-14)22-12-13-6-4-3-5-7-13/h3-11H,2,12H2,1H3,(H2,19,21,23)/b20-11+. The van der Waals surface area contributed by atoms with Gasteiger partial charge in [-0.2, -0.15) is 5.10 Å². The molecule has 0 atom stereocenters. The molecule has 0 heterocycles. The van der Waals surface area contributed by atoms with E-state index >= 15 is 0 Å². The maximum absolute atomic E-state index is 6.24. The Balaban J connectivity index is 1.92. The number of benzene rings is 2. The second-order valence-electron chi connectivity index (χ2n) is 4.69. The quantitative estimate of drug-likeness (QED) is 0.475. The van der Waals surface area contributed by atoms with E-state index in [9.17, 15) is 0 Å². The summed E-state index contributed by atoms with van der Waals surface area (Å²) in [4.78, 5) is 0. The first kappa shape index (κ1) is 17.2. The Labute approximate surface area is 146 Å². The van der Waals surface area contributed by atoms with E-state index in [1.165, 1.54) is 0 Å². The molecule has 0 unspecified atom stereocenters. The maximum atomic E-state index is 6.24. The van der Waals surface area contributed by atoms with Gasteiger partial charge in [0.1, 0.15) is 12.4 Å². The van der Waals surface area contributed by atoms with Gasteiger partial charge in [0.2, 0.25) is 0 Å². The van der Waals surface area contributed by atoms with Gasteiger partial charge in [0, 0.05) is 6.54 Å². The summed E-state index contributed by atoms with van der Waals surface area (Å²) in [7, 11) is 0. The van der Waals surface area contributed by atoms with E-state index in [1.54, 1.807) is 12.3 Å². The van der Waals surface area contributed by atoms with Crippen LogP contribution in [0.5, 0.6) is 5.75 Å². The fourth-order valence-electron chi connectivity index (χ4n) is 1.82.